The molecule has 3 aromatic heterocycles. The zero-order chi connectivity index (χ0) is 21.7. The van der Waals surface area contributed by atoms with E-state index in [2.05, 4.69) is 42.6 Å². The second kappa shape index (κ2) is 7.46. The van der Waals surface area contributed by atoms with Gasteiger partial charge in [0, 0.05) is 41.5 Å². The Hall–Kier alpha value is -3.26. The second-order valence-corrected chi connectivity index (χ2v) is 8.13. The van der Waals surface area contributed by atoms with Crippen LogP contribution in [0.1, 0.15) is 53.2 Å². The van der Waals surface area contributed by atoms with E-state index in [1.165, 1.54) is 0 Å². The first-order chi connectivity index (χ1) is 15.0. The van der Waals surface area contributed by atoms with E-state index in [9.17, 15) is 0 Å². The molecule has 1 aromatic carbocycles. The number of fused-ring (bicyclic) bond motifs is 3. The van der Waals surface area contributed by atoms with Crippen molar-refractivity contribution in [1.29, 1.82) is 0 Å². The molecule has 0 spiro atoms. The summed E-state index contributed by atoms with van der Waals surface area (Å²) in [5, 5.41) is 13.6. The lowest BCUT2D eigenvalue weighted by atomic mass is 10.0. The monoisotopic (exact) mass is 435 g/mol. The van der Waals surface area contributed by atoms with Gasteiger partial charge in [0.05, 0.1) is 17.8 Å². The molecule has 0 saturated heterocycles. The standard InChI is InChI=1S/C22H22ClN7O/c1-5-18-25-19(31-28-18)10-16-22-27-26-13(3)30(22)17-11-29(4)12(2)20(17)21(24-16)14-6-8-15(23)9-7-14/h6-9,11,16H,5,10H2,1-4H3. The van der Waals surface area contributed by atoms with E-state index in [-0.39, 0.29) is 6.04 Å². The normalized spacial score (nSPS) is 15.4. The van der Waals surface area contributed by atoms with Crippen LogP contribution < -0.4 is 0 Å². The van der Waals surface area contributed by atoms with Crippen molar-refractivity contribution in [2.45, 2.75) is 39.7 Å². The minimum absolute atomic E-state index is 0.325. The van der Waals surface area contributed by atoms with Crippen LogP contribution in [0.5, 0.6) is 0 Å². The van der Waals surface area contributed by atoms with Crippen LogP contribution in [-0.4, -0.2) is 35.2 Å². The molecule has 4 aromatic rings. The Morgan fingerprint density at radius 3 is 2.61 bits per heavy atom. The van der Waals surface area contributed by atoms with Crippen molar-refractivity contribution >= 4 is 17.3 Å². The highest BCUT2D eigenvalue weighted by Gasteiger charge is 2.31. The van der Waals surface area contributed by atoms with Gasteiger partial charge in [-0.25, -0.2) is 0 Å². The topological polar surface area (TPSA) is 86.9 Å². The highest BCUT2D eigenvalue weighted by atomic mass is 35.5. The maximum Gasteiger partial charge on any atom is 0.229 e. The van der Waals surface area contributed by atoms with Gasteiger partial charge in [0.1, 0.15) is 11.9 Å². The molecule has 158 valence electrons. The van der Waals surface area contributed by atoms with Gasteiger partial charge in [0.15, 0.2) is 11.6 Å². The van der Waals surface area contributed by atoms with Gasteiger partial charge in [-0.1, -0.05) is 35.8 Å². The van der Waals surface area contributed by atoms with Gasteiger partial charge in [-0.15, -0.1) is 10.2 Å². The van der Waals surface area contributed by atoms with Crippen LogP contribution in [0.3, 0.4) is 0 Å². The fourth-order valence-electron chi connectivity index (χ4n) is 3.98. The molecule has 0 aliphatic carbocycles. The van der Waals surface area contributed by atoms with Crippen molar-refractivity contribution in [3.63, 3.8) is 0 Å². The highest BCUT2D eigenvalue weighted by molar-refractivity contribution is 6.30. The molecule has 9 heteroatoms. The van der Waals surface area contributed by atoms with Gasteiger partial charge in [-0.05, 0) is 26.0 Å². The van der Waals surface area contributed by atoms with Gasteiger partial charge in [-0.2, -0.15) is 4.98 Å². The lowest BCUT2D eigenvalue weighted by Crippen LogP contribution is -2.10. The summed E-state index contributed by atoms with van der Waals surface area (Å²) in [6.45, 7) is 6.04. The van der Waals surface area contributed by atoms with Crippen LogP contribution in [0.4, 0.5) is 0 Å². The number of aromatic nitrogens is 6. The van der Waals surface area contributed by atoms with Crippen molar-refractivity contribution in [3.8, 4) is 5.69 Å². The summed E-state index contributed by atoms with van der Waals surface area (Å²) in [6, 6.07) is 7.43. The average molecular weight is 436 g/mol. The number of hydrogen-bond donors (Lipinski definition) is 0. The quantitative estimate of drug-likeness (QED) is 0.484. The summed E-state index contributed by atoms with van der Waals surface area (Å²) in [6.07, 6.45) is 3.26. The van der Waals surface area contributed by atoms with Crippen LogP contribution in [-0.2, 0) is 19.9 Å². The molecule has 1 unspecified atom stereocenters. The molecule has 31 heavy (non-hydrogen) atoms. The highest BCUT2D eigenvalue weighted by Crippen LogP contribution is 2.34. The molecule has 0 radical (unpaired) electrons. The van der Waals surface area contributed by atoms with Crippen molar-refractivity contribution in [3.05, 3.63) is 75.7 Å². The minimum atomic E-state index is -0.325. The van der Waals surface area contributed by atoms with Crippen molar-refractivity contribution in [2.24, 2.45) is 12.0 Å². The van der Waals surface area contributed by atoms with E-state index in [1.54, 1.807) is 0 Å². The van der Waals surface area contributed by atoms with Crippen molar-refractivity contribution in [1.82, 2.24) is 29.5 Å². The van der Waals surface area contributed by atoms with Crippen LogP contribution >= 0.6 is 11.6 Å². The first-order valence-electron chi connectivity index (χ1n) is 10.2. The Bertz CT molecular complexity index is 1300. The van der Waals surface area contributed by atoms with E-state index in [0.29, 0.717) is 29.6 Å². The summed E-state index contributed by atoms with van der Waals surface area (Å²) in [5.41, 5.74) is 5.04. The molecule has 8 nitrogen and oxygen atoms in total. The summed E-state index contributed by atoms with van der Waals surface area (Å²) in [4.78, 5) is 9.67. The van der Waals surface area contributed by atoms with E-state index in [4.69, 9.17) is 21.1 Å². The Labute approximate surface area is 184 Å². The summed E-state index contributed by atoms with van der Waals surface area (Å²) in [5.74, 6) is 2.78. The third kappa shape index (κ3) is 3.27. The Balaban J connectivity index is 1.73. The smallest absolute Gasteiger partial charge is 0.229 e. The Morgan fingerprint density at radius 1 is 1.13 bits per heavy atom. The molecule has 5 rings (SSSR count). The second-order valence-electron chi connectivity index (χ2n) is 7.69. The SMILES string of the molecule is CCc1noc(CC2N=C(c3ccc(Cl)cc3)c3c(cn(C)c3C)-n3c(C)nnc32)n1. The largest absolute Gasteiger partial charge is 0.352 e. The zero-order valence-electron chi connectivity index (χ0n) is 17.8. The predicted molar refractivity (Wildman–Crippen MR) is 117 cm³/mol. The van der Waals surface area contributed by atoms with Crippen molar-refractivity contribution < 1.29 is 4.52 Å². The maximum atomic E-state index is 6.15. The van der Waals surface area contributed by atoms with E-state index < -0.39 is 0 Å². The number of aryl methyl sites for hydroxylation is 3. The van der Waals surface area contributed by atoms with Crippen LogP contribution in [0.15, 0.2) is 40.0 Å². The predicted octanol–water partition coefficient (Wildman–Crippen LogP) is 3.96. The van der Waals surface area contributed by atoms with Gasteiger partial charge in [-0.3, -0.25) is 9.56 Å². The third-order valence-electron chi connectivity index (χ3n) is 5.69. The number of aliphatic imine (C=N–C) groups is 1. The first kappa shape index (κ1) is 19.7. The average Bonchev–Trinajstić information content (AvgIpc) is 3.42. The van der Waals surface area contributed by atoms with Gasteiger partial charge in [0.25, 0.3) is 0 Å². The summed E-state index contributed by atoms with van der Waals surface area (Å²) >= 11 is 6.15. The lowest BCUT2D eigenvalue weighted by Gasteiger charge is -2.11. The molecule has 0 N–H and O–H groups in total. The number of benzene rings is 1. The van der Waals surface area contributed by atoms with Crippen LogP contribution in [0.2, 0.25) is 5.02 Å². The molecule has 0 fully saturated rings. The summed E-state index contributed by atoms with van der Waals surface area (Å²) in [7, 11) is 2.03. The molecular weight excluding hydrogens is 414 g/mol. The van der Waals surface area contributed by atoms with Gasteiger partial charge < -0.3 is 9.09 Å². The van der Waals surface area contributed by atoms with E-state index >= 15 is 0 Å². The molecule has 4 heterocycles. The number of halogens is 1. The molecule has 0 bridgehead atoms. The fraction of sp³-hybridized carbons (Fsp3) is 0.318. The zero-order valence-corrected chi connectivity index (χ0v) is 18.6. The van der Waals surface area contributed by atoms with E-state index in [1.807, 2.05) is 45.2 Å². The molecular formula is C22H22ClN7O. The Morgan fingerprint density at radius 2 is 1.90 bits per heavy atom. The first-order valence-corrected chi connectivity index (χ1v) is 10.6. The maximum absolute atomic E-state index is 6.15. The van der Waals surface area contributed by atoms with Gasteiger partial charge in [0.2, 0.25) is 5.89 Å². The molecule has 0 amide bonds. The minimum Gasteiger partial charge on any atom is -0.352 e. The van der Waals surface area contributed by atoms with Crippen LogP contribution in [0, 0.1) is 13.8 Å². The number of nitrogens with zero attached hydrogens (tertiary/aromatic N) is 7. The third-order valence-corrected chi connectivity index (χ3v) is 5.94. The fourth-order valence-corrected chi connectivity index (χ4v) is 4.11. The Kier molecular flexibility index (Phi) is 4.74. The molecule has 0 saturated carbocycles. The van der Waals surface area contributed by atoms with Gasteiger partial charge >= 0.3 is 0 Å². The molecule has 1 atom stereocenters. The number of rotatable bonds is 4. The summed E-state index contributed by atoms with van der Waals surface area (Å²) < 4.78 is 9.65. The molecule has 1 aliphatic heterocycles. The van der Waals surface area contributed by atoms with Crippen molar-refractivity contribution in [2.75, 3.05) is 0 Å². The van der Waals surface area contributed by atoms with E-state index in [0.717, 1.165) is 39.9 Å². The lowest BCUT2D eigenvalue weighted by molar-refractivity contribution is 0.363. The molecule has 1 aliphatic rings. The van der Waals surface area contributed by atoms with Crippen LogP contribution in [0.25, 0.3) is 5.69 Å². The number of hydrogen-bond acceptors (Lipinski definition) is 6.